The summed E-state index contributed by atoms with van der Waals surface area (Å²) < 4.78 is 4.84. The minimum absolute atomic E-state index is 0.218. The molecule has 1 rings (SSSR count). The Morgan fingerprint density at radius 2 is 2.25 bits per heavy atom. The number of halogens is 1. The van der Waals surface area contributed by atoms with Crippen molar-refractivity contribution in [1.82, 2.24) is 0 Å². The highest BCUT2D eigenvalue weighted by atomic mass is 35.5. The maximum atomic E-state index is 11.5. The quantitative estimate of drug-likeness (QED) is 0.598. The normalized spacial score (nSPS) is 9.62. The highest BCUT2D eigenvalue weighted by molar-refractivity contribution is 6.33. The number of aldehydes is 1. The summed E-state index contributed by atoms with van der Waals surface area (Å²) in [5, 5.41) is 0.218. The van der Waals surface area contributed by atoms with Crippen molar-refractivity contribution in [3.63, 3.8) is 0 Å². The first-order valence-corrected chi connectivity index (χ1v) is 5.10. The molecule has 0 aromatic heterocycles. The molecule has 0 bridgehead atoms. The van der Waals surface area contributed by atoms with E-state index in [2.05, 4.69) is 6.58 Å². The fraction of sp³-hybridized carbons (Fsp3) is 0.167. The molecule has 16 heavy (non-hydrogen) atoms. The van der Waals surface area contributed by atoms with Crippen LogP contribution in [-0.4, -0.2) is 18.9 Å². The monoisotopic (exact) mass is 238 g/mol. The molecule has 0 atom stereocenters. The molecule has 0 aliphatic heterocycles. The zero-order chi connectivity index (χ0) is 12.1. The van der Waals surface area contributed by atoms with E-state index in [1.54, 1.807) is 6.92 Å². The Morgan fingerprint density at radius 3 is 2.75 bits per heavy atom. The number of hydrogen-bond donors (Lipinski definition) is 0. The van der Waals surface area contributed by atoms with Crippen molar-refractivity contribution in [1.29, 1.82) is 0 Å². The molecule has 0 radical (unpaired) electrons. The predicted octanol–water partition coefficient (Wildman–Crippen LogP) is 2.97. The van der Waals surface area contributed by atoms with Gasteiger partial charge < -0.3 is 4.74 Å². The number of carbonyl (C=O) groups is 2. The molecule has 0 aliphatic rings. The Hall–Kier alpha value is -1.61. The molecule has 0 spiro atoms. The minimum Gasteiger partial charge on any atom is -0.462 e. The van der Waals surface area contributed by atoms with Gasteiger partial charge in [-0.05, 0) is 24.6 Å². The maximum Gasteiger partial charge on any atom is 0.338 e. The summed E-state index contributed by atoms with van der Waals surface area (Å²) in [5.41, 5.74) is 1.16. The molecule has 0 aliphatic carbocycles. The minimum atomic E-state index is -0.468. The number of hydrogen-bond acceptors (Lipinski definition) is 3. The third-order valence-corrected chi connectivity index (χ3v) is 2.32. The standard InChI is InChI=1S/C12H11ClO3/c1-3-8-5-9(12(15)16-4-2)6-11(13)10(8)7-14/h3,5-7H,1,4H2,2H3. The van der Waals surface area contributed by atoms with Gasteiger partial charge in [-0.15, -0.1) is 0 Å². The molecule has 1 aromatic rings. The largest absolute Gasteiger partial charge is 0.462 e. The first kappa shape index (κ1) is 12.5. The van der Waals surface area contributed by atoms with Crippen molar-refractivity contribution in [3.05, 3.63) is 40.4 Å². The van der Waals surface area contributed by atoms with Crippen molar-refractivity contribution < 1.29 is 14.3 Å². The Labute approximate surface area is 98.7 Å². The van der Waals surface area contributed by atoms with Gasteiger partial charge in [0.25, 0.3) is 0 Å². The van der Waals surface area contributed by atoms with Crippen LogP contribution in [-0.2, 0) is 4.74 Å². The van der Waals surface area contributed by atoms with Crippen molar-refractivity contribution in [2.24, 2.45) is 0 Å². The van der Waals surface area contributed by atoms with E-state index in [-0.39, 0.29) is 11.6 Å². The van der Waals surface area contributed by atoms with Crippen molar-refractivity contribution in [3.8, 4) is 0 Å². The fourth-order valence-corrected chi connectivity index (χ4v) is 1.54. The number of carbonyl (C=O) groups excluding carboxylic acids is 2. The fourth-order valence-electron chi connectivity index (χ4n) is 1.26. The van der Waals surface area contributed by atoms with Gasteiger partial charge in [-0.25, -0.2) is 4.79 Å². The van der Waals surface area contributed by atoms with Crippen molar-refractivity contribution in [2.45, 2.75) is 6.92 Å². The molecule has 0 amide bonds. The number of rotatable bonds is 4. The van der Waals surface area contributed by atoms with E-state index in [0.29, 0.717) is 23.0 Å². The molecular formula is C12H11ClO3. The summed E-state index contributed by atoms with van der Waals surface area (Å²) in [4.78, 5) is 22.2. The van der Waals surface area contributed by atoms with Crippen LogP contribution in [0.2, 0.25) is 5.02 Å². The van der Waals surface area contributed by atoms with Crippen LogP contribution in [0.3, 0.4) is 0 Å². The molecule has 0 saturated heterocycles. The van der Waals surface area contributed by atoms with E-state index >= 15 is 0 Å². The number of ether oxygens (including phenoxy) is 1. The van der Waals surface area contributed by atoms with Crippen LogP contribution >= 0.6 is 11.6 Å². The van der Waals surface area contributed by atoms with E-state index in [1.165, 1.54) is 18.2 Å². The lowest BCUT2D eigenvalue weighted by Crippen LogP contribution is -2.06. The lowest BCUT2D eigenvalue weighted by atomic mass is 10.0. The van der Waals surface area contributed by atoms with Gasteiger partial charge in [0.05, 0.1) is 17.2 Å². The lowest BCUT2D eigenvalue weighted by molar-refractivity contribution is 0.0526. The first-order chi connectivity index (χ1) is 7.63. The average Bonchev–Trinajstić information content (AvgIpc) is 2.28. The molecule has 0 saturated carbocycles. The van der Waals surface area contributed by atoms with Gasteiger partial charge in [0.2, 0.25) is 0 Å². The summed E-state index contributed by atoms with van der Waals surface area (Å²) >= 11 is 5.87. The third kappa shape index (κ3) is 2.49. The van der Waals surface area contributed by atoms with Crippen molar-refractivity contribution in [2.75, 3.05) is 6.61 Å². The first-order valence-electron chi connectivity index (χ1n) is 4.72. The van der Waals surface area contributed by atoms with Crippen LogP contribution in [0.1, 0.15) is 33.2 Å². The molecule has 0 heterocycles. The van der Waals surface area contributed by atoms with Crippen LogP contribution in [0, 0.1) is 0 Å². The molecule has 0 N–H and O–H groups in total. The molecule has 0 unspecified atom stereocenters. The molecule has 0 fully saturated rings. The highest BCUT2D eigenvalue weighted by Gasteiger charge is 2.12. The molecule has 84 valence electrons. The number of esters is 1. The molecule has 4 heteroatoms. The SMILES string of the molecule is C=Cc1cc(C(=O)OCC)cc(Cl)c1C=O. The summed E-state index contributed by atoms with van der Waals surface area (Å²) in [5.74, 6) is -0.468. The summed E-state index contributed by atoms with van der Waals surface area (Å²) in [6, 6.07) is 2.94. The van der Waals surface area contributed by atoms with E-state index in [9.17, 15) is 9.59 Å². The zero-order valence-electron chi connectivity index (χ0n) is 8.83. The Balaban J connectivity index is 3.25. The second kappa shape index (κ2) is 5.47. The molecule has 1 aromatic carbocycles. The average molecular weight is 239 g/mol. The maximum absolute atomic E-state index is 11.5. The predicted molar refractivity (Wildman–Crippen MR) is 62.9 cm³/mol. The van der Waals surface area contributed by atoms with Crippen LogP contribution in [0.25, 0.3) is 6.08 Å². The Kier molecular flexibility index (Phi) is 4.26. The van der Waals surface area contributed by atoms with Crippen LogP contribution in [0.15, 0.2) is 18.7 Å². The lowest BCUT2D eigenvalue weighted by Gasteiger charge is -2.06. The number of benzene rings is 1. The summed E-state index contributed by atoms with van der Waals surface area (Å²) in [7, 11) is 0. The highest BCUT2D eigenvalue weighted by Crippen LogP contribution is 2.22. The topological polar surface area (TPSA) is 43.4 Å². The summed E-state index contributed by atoms with van der Waals surface area (Å²) in [6.45, 7) is 5.56. The van der Waals surface area contributed by atoms with Crippen LogP contribution in [0.4, 0.5) is 0 Å². The van der Waals surface area contributed by atoms with E-state index in [4.69, 9.17) is 16.3 Å². The van der Waals surface area contributed by atoms with Gasteiger partial charge in [0.1, 0.15) is 0 Å². The van der Waals surface area contributed by atoms with Crippen LogP contribution < -0.4 is 0 Å². The van der Waals surface area contributed by atoms with Gasteiger partial charge in [0, 0.05) is 5.56 Å². The van der Waals surface area contributed by atoms with Gasteiger partial charge >= 0.3 is 5.97 Å². The molecule has 3 nitrogen and oxygen atoms in total. The van der Waals surface area contributed by atoms with Gasteiger partial charge in [-0.2, -0.15) is 0 Å². The van der Waals surface area contributed by atoms with Gasteiger partial charge in [0.15, 0.2) is 6.29 Å². The van der Waals surface area contributed by atoms with E-state index in [0.717, 1.165) is 0 Å². The van der Waals surface area contributed by atoms with Crippen molar-refractivity contribution >= 4 is 29.9 Å². The second-order valence-corrected chi connectivity index (χ2v) is 3.41. The van der Waals surface area contributed by atoms with E-state index < -0.39 is 5.97 Å². The third-order valence-electron chi connectivity index (χ3n) is 2.01. The Morgan fingerprint density at radius 1 is 1.56 bits per heavy atom. The van der Waals surface area contributed by atoms with Gasteiger partial charge in [-0.3, -0.25) is 4.79 Å². The zero-order valence-corrected chi connectivity index (χ0v) is 9.58. The Bertz CT molecular complexity index is 438. The second-order valence-electron chi connectivity index (χ2n) is 3.00. The van der Waals surface area contributed by atoms with Crippen LogP contribution in [0.5, 0.6) is 0 Å². The van der Waals surface area contributed by atoms with E-state index in [1.807, 2.05) is 0 Å². The van der Waals surface area contributed by atoms with Gasteiger partial charge in [-0.1, -0.05) is 24.3 Å². The molecular weight excluding hydrogens is 228 g/mol. The summed E-state index contributed by atoms with van der Waals surface area (Å²) in [6.07, 6.45) is 2.10. The smallest absolute Gasteiger partial charge is 0.338 e.